The molecule has 2 amide bonds. The lowest BCUT2D eigenvalue weighted by atomic mass is 10.0. The maximum atomic E-state index is 12.7. The Bertz CT molecular complexity index is 1010. The molecule has 1 aliphatic heterocycles. The highest BCUT2D eigenvalue weighted by atomic mass is 16.2. The minimum atomic E-state index is -0.334. The van der Waals surface area contributed by atoms with E-state index < -0.39 is 0 Å². The number of nitrogens with one attached hydrogen (secondary N) is 1. The zero-order chi connectivity index (χ0) is 20.8. The molecule has 1 saturated heterocycles. The maximum absolute atomic E-state index is 12.7. The van der Waals surface area contributed by atoms with Gasteiger partial charge in [0.15, 0.2) is 0 Å². The van der Waals surface area contributed by atoms with Crippen molar-refractivity contribution in [2.24, 2.45) is 5.92 Å². The molecule has 3 heterocycles. The summed E-state index contributed by atoms with van der Waals surface area (Å²) >= 11 is 0. The van der Waals surface area contributed by atoms with Crippen molar-refractivity contribution < 1.29 is 9.59 Å². The number of aromatic nitrogens is 2. The Labute approximate surface area is 176 Å². The van der Waals surface area contributed by atoms with E-state index in [-0.39, 0.29) is 24.2 Å². The largest absolute Gasteiger partial charge is 0.338 e. The predicted octanol–water partition coefficient (Wildman–Crippen LogP) is 3.25. The van der Waals surface area contributed by atoms with Crippen LogP contribution in [-0.4, -0.2) is 33.2 Å². The molecule has 0 unspecified atom stereocenters. The van der Waals surface area contributed by atoms with Gasteiger partial charge in [0, 0.05) is 50.0 Å². The van der Waals surface area contributed by atoms with Crippen LogP contribution in [-0.2, 0) is 29.0 Å². The monoisotopic (exact) mass is 400 g/mol. The molecule has 6 heteroatoms. The normalized spacial score (nSPS) is 15.9. The van der Waals surface area contributed by atoms with E-state index in [2.05, 4.69) is 21.4 Å². The molecular formula is C24H24N4O2. The molecule has 6 nitrogen and oxygen atoms in total. The predicted molar refractivity (Wildman–Crippen MR) is 114 cm³/mol. The topological polar surface area (TPSA) is 75.2 Å². The SMILES string of the molecule is O=C(Nc1cccc(CCc2ccncc2)c1)[C@@H]1CC(=O)N(Cc2ccncc2)C1. The number of hydrogen-bond acceptors (Lipinski definition) is 4. The molecule has 0 radical (unpaired) electrons. The number of pyridine rings is 2. The number of likely N-dealkylation sites (tertiary alicyclic amines) is 1. The maximum Gasteiger partial charge on any atom is 0.229 e. The Balaban J connectivity index is 1.33. The second-order valence-electron chi connectivity index (χ2n) is 7.58. The summed E-state index contributed by atoms with van der Waals surface area (Å²) < 4.78 is 0. The molecule has 152 valence electrons. The van der Waals surface area contributed by atoms with Crippen LogP contribution in [0.1, 0.15) is 23.1 Å². The molecule has 1 atom stereocenters. The summed E-state index contributed by atoms with van der Waals surface area (Å²) in [5.41, 5.74) is 4.18. The summed E-state index contributed by atoms with van der Waals surface area (Å²) in [5, 5.41) is 2.99. The number of rotatable bonds is 7. The summed E-state index contributed by atoms with van der Waals surface area (Å²) in [7, 11) is 0. The third-order valence-electron chi connectivity index (χ3n) is 5.35. The standard InChI is InChI=1S/C24H24N4O2/c29-23-15-21(17-28(23)16-20-8-12-26-13-9-20)24(30)27-22-3-1-2-19(14-22)5-4-18-6-10-25-11-7-18/h1-3,6-14,21H,4-5,15-17H2,(H,27,30)/t21-/m1/s1. The summed E-state index contributed by atoms with van der Waals surface area (Å²) in [6.07, 6.45) is 9.07. The van der Waals surface area contributed by atoms with E-state index in [1.807, 2.05) is 42.5 Å². The number of nitrogens with zero attached hydrogens (tertiary/aromatic N) is 3. The first-order valence-corrected chi connectivity index (χ1v) is 10.1. The van der Waals surface area contributed by atoms with Crippen molar-refractivity contribution in [1.29, 1.82) is 0 Å². The van der Waals surface area contributed by atoms with E-state index >= 15 is 0 Å². The zero-order valence-electron chi connectivity index (χ0n) is 16.7. The Morgan fingerprint density at radius 3 is 2.33 bits per heavy atom. The van der Waals surface area contributed by atoms with E-state index in [0.29, 0.717) is 13.1 Å². The van der Waals surface area contributed by atoms with Gasteiger partial charge in [-0.05, 0) is 65.9 Å². The fourth-order valence-electron chi connectivity index (χ4n) is 3.70. The Morgan fingerprint density at radius 2 is 1.60 bits per heavy atom. The zero-order valence-corrected chi connectivity index (χ0v) is 16.7. The molecule has 2 aromatic heterocycles. The highest BCUT2D eigenvalue weighted by Crippen LogP contribution is 2.22. The fourth-order valence-corrected chi connectivity index (χ4v) is 3.70. The van der Waals surface area contributed by atoms with Gasteiger partial charge in [0.05, 0.1) is 5.92 Å². The highest BCUT2D eigenvalue weighted by molar-refractivity contribution is 5.97. The van der Waals surface area contributed by atoms with Crippen LogP contribution in [0.15, 0.2) is 73.3 Å². The number of hydrogen-bond donors (Lipinski definition) is 1. The first-order chi connectivity index (χ1) is 14.7. The average molecular weight is 400 g/mol. The van der Waals surface area contributed by atoms with Crippen LogP contribution in [0, 0.1) is 5.92 Å². The van der Waals surface area contributed by atoms with Crippen molar-refractivity contribution in [1.82, 2.24) is 14.9 Å². The van der Waals surface area contributed by atoms with Gasteiger partial charge in [0.2, 0.25) is 11.8 Å². The quantitative estimate of drug-likeness (QED) is 0.661. The number of aryl methyl sites for hydroxylation is 2. The lowest BCUT2D eigenvalue weighted by molar-refractivity contribution is -0.128. The van der Waals surface area contributed by atoms with Gasteiger partial charge in [0.25, 0.3) is 0 Å². The van der Waals surface area contributed by atoms with Gasteiger partial charge in [-0.2, -0.15) is 0 Å². The summed E-state index contributed by atoms with van der Waals surface area (Å²) in [6, 6.07) is 15.7. The van der Waals surface area contributed by atoms with Crippen molar-refractivity contribution in [3.05, 3.63) is 90.0 Å². The van der Waals surface area contributed by atoms with Crippen molar-refractivity contribution in [2.75, 3.05) is 11.9 Å². The van der Waals surface area contributed by atoms with E-state index in [1.165, 1.54) is 5.56 Å². The van der Waals surface area contributed by atoms with Gasteiger partial charge in [-0.25, -0.2) is 0 Å². The van der Waals surface area contributed by atoms with Crippen LogP contribution in [0.4, 0.5) is 5.69 Å². The van der Waals surface area contributed by atoms with Crippen LogP contribution >= 0.6 is 0 Å². The van der Waals surface area contributed by atoms with Gasteiger partial charge in [-0.3, -0.25) is 19.6 Å². The third-order valence-corrected chi connectivity index (χ3v) is 5.35. The summed E-state index contributed by atoms with van der Waals surface area (Å²) in [6.45, 7) is 0.949. The third kappa shape index (κ3) is 5.08. The minimum Gasteiger partial charge on any atom is -0.338 e. The molecule has 0 saturated carbocycles. The molecule has 0 bridgehead atoms. The Morgan fingerprint density at radius 1 is 0.933 bits per heavy atom. The van der Waals surface area contributed by atoms with Crippen LogP contribution in [0.2, 0.25) is 0 Å². The molecular weight excluding hydrogens is 376 g/mol. The Kier molecular flexibility index (Phi) is 6.13. The molecule has 0 aliphatic carbocycles. The van der Waals surface area contributed by atoms with Crippen molar-refractivity contribution in [3.8, 4) is 0 Å². The molecule has 4 rings (SSSR count). The van der Waals surface area contributed by atoms with E-state index in [0.717, 1.165) is 29.7 Å². The molecule has 0 spiro atoms. The van der Waals surface area contributed by atoms with Crippen molar-refractivity contribution >= 4 is 17.5 Å². The number of carbonyl (C=O) groups excluding carboxylic acids is 2. The van der Waals surface area contributed by atoms with Gasteiger partial charge in [-0.1, -0.05) is 12.1 Å². The molecule has 1 aromatic carbocycles. The Hall–Kier alpha value is -3.54. The lowest BCUT2D eigenvalue weighted by Gasteiger charge is -2.16. The summed E-state index contributed by atoms with van der Waals surface area (Å²) in [4.78, 5) is 34.9. The van der Waals surface area contributed by atoms with Crippen LogP contribution < -0.4 is 5.32 Å². The first-order valence-electron chi connectivity index (χ1n) is 10.1. The summed E-state index contributed by atoms with van der Waals surface area (Å²) in [5.74, 6) is -0.426. The number of carbonyl (C=O) groups is 2. The minimum absolute atomic E-state index is 0.0121. The van der Waals surface area contributed by atoms with Gasteiger partial charge in [-0.15, -0.1) is 0 Å². The number of anilines is 1. The van der Waals surface area contributed by atoms with Crippen LogP contribution in [0.5, 0.6) is 0 Å². The molecule has 30 heavy (non-hydrogen) atoms. The van der Waals surface area contributed by atoms with Crippen molar-refractivity contribution in [2.45, 2.75) is 25.8 Å². The number of amides is 2. The first kappa shape index (κ1) is 19.8. The van der Waals surface area contributed by atoms with E-state index in [9.17, 15) is 9.59 Å². The van der Waals surface area contributed by atoms with Gasteiger partial charge >= 0.3 is 0 Å². The molecule has 1 N–H and O–H groups in total. The lowest BCUT2D eigenvalue weighted by Crippen LogP contribution is -2.28. The van der Waals surface area contributed by atoms with E-state index in [1.54, 1.807) is 29.7 Å². The number of benzene rings is 1. The average Bonchev–Trinajstić information content (AvgIpc) is 3.14. The molecule has 3 aromatic rings. The van der Waals surface area contributed by atoms with Crippen LogP contribution in [0.25, 0.3) is 0 Å². The highest BCUT2D eigenvalue weighted by Gasteiger charge is 2.34. The molecule has 1 fully saturated rings. The van der Waals surface area contributed by atoms with Gasteiger partial charge in [0.1, 0.15) is 0 Å². The van der Waals surface area contributed by atoms with E-state index in [4.69, 9.17) is 0 Å². The van der Waals surface area contributed by atoms with Crippen LogP contribution in [0.3, 0.4) is 0 Å². The van der Waals surface area contributed by atoms with Crippen molar-refractivity contribution in [3.63, 3.8) is 0 Å². The fraction of sp³-hybridized carbons (Fsp3) is 0.250. The second-order valence-corrected chi connectivity index (χ2v) is 7.58. The van der Waals surface area contributed by atoms with Gasteiger partial charge < -0.3 is 10.2 Å². The molecule has 1 aliphatic rings. The second kappa shape index (κ2) is 9.31. The smallest absolute Gasteiger partial charge is 0.229 e.